The highest BCUT2D eigenvalue weighted by atomic mass is 35.5. The van der Waals surface area contributed by atoms with Crippen molar-refractivity contribution in [2.45, 2.75) is 31.6 Å². The molecule has 15 heavy (non-hydrogen) atoms. The monoisotopic (exact) mass is 249 g/mol. The van der Waals surface area contributed by atoms with Crippen LogP contribution in [0.2, 0.25) is 0 Å². The van der Waals surface area contributed by atoms with Crippen molar-refractivity contribution in [3.8, 4) is 0 Å². The predicted molar refractivity (Wildman–Crippen MR) is 67.6 cm³/mol. The van der Waals surface area contributed by atoms with E-state index < -0.39 is 0 Å². The van der Waals surface area contributed by atoms with Crippen molar-refractivity contribution in [3.63, 3.8) is 0 Å². The number of hydrogen-bond donors (Lipinski definition) is 0. The van der Waals surface area contributed by atoms with Gasteiger partial charge >= 0.3 is 0 Å². The number of amides is 1. The minimum absolute atomic E-state index is 0.244. The summed E-state index contributed by atoms with van der Waals surface area (Å²) in [7, 11) is 0. The molecule has 1 rings (SSSR count). The quantitative estimate of drug-likeness (QED) is 0.714. The third-order valence-corrected chi connectivity index (χ3v) is 4.03. The van der Waals surface area contributed by atoms with E-state index in [1.165, 1.54) is 0 Å². The lowest BCUT2D eigenvalue weighted by atomic mass is 9.94. The van der Waals surface area contributed by atoms with E-state index in [0.29, 0.717) is 18.2 Å². The van der Waals surface area contributed by atoms with Gasteiger partial charge in [-0.25, -0.2) is 0 Å². The highest BCUT2D eigenvalue weighted by molar-refractivity contribution is 7.98. The minimum Gasteiger partial charge on any atom is -0.343 e. The van der Waals surface area contributed by atoms with Crippen molar-refractivity contribution < 1.29 is 4.79 Å². The highest BCUT2D eigenvalue weighted by Gasteiger charge is 2.24. The molecule has 0 aromatic heterocycles. The second kappa shape index (κ2) is 6.64. The van der Waals surface area contributed by atoms with Crippen molar-refractivity contribution in [1.29, 1.82) is 0 Å². The fourth-order valence-corrected chi connectivity index (χ4v) is 2.59. The van der Waals surface area contributed by atoms with E-state index in [4.69, 9.17) is 11.6 Å². The largest absolute Gasteiger partial charge is 0.343 e. The first-order chi connectivity index (χ1) is 7.15. The van der Waals surface area contributed by atoms with Crippen LogP contribution in [0.25, 0.3) is 0 Å². The number of alkyl halides is 1. The van der Waals surface area contributed by atoms with Crippen LogP contribution in [0.5, 0.6) is 0 Å². The number of likely N-dealkylation sites (tertiary alicyclic amines) is 1. The number of carbonyl (C=O) groups excluding carboxylic acids is 1. The van der Waals surface area contributed by atoms with Crippen molar-refractivity contribution in [1.82, 2.24) is 4.90 Å². The molecule has 0 aromatic carbocycles. The van der Waals surface area contributed by atoms with Crippen molar-refractivity contribution in [2.24, 2.45) is 5.92 Å². The third kappa shape index (κ3) is 4.23. The number of halogens is 1. The molecule has 1 amide bonds. The van der Waals surface area contributed by atoms with Gasteiger partial charge in [-0.1, -0.05) is 0 Å². The standard InChI is InChI=1S/C11H20ClNOS/c1-9(12)10-3-6-13(7-4-10)11(14)5-8-15-2/h9-10H,3-8H2,1-2H3. The Hall–Kier alpha value is 0.110. The summed E-state index contributed by atoms with van der Waals surface area (Å²) in [5.74, 6) is 1.84. The number of carbonyl (C=O) groups is 1. The van der Waals surface area contributed by atoms with E-state index in [0.717, 1.165) is 31.7 Å². The summed E-state index contributed by atoms with van der Waals surface area (Å²) in [5, 5.41) is 0.244. The Labute approximate surface area is 102 Å². The average Bonchev–Trinajstić information content (AvgIpc) is 2.26. The second-order valence-corrected chi connectivity index (χ2v) is 5.81. The SMILES string of the molecule is CSCCC(=O)N1CCC(C(C)Cl)CC1. The van der Waals surface area contributed by atoms with Crippen molar-refractivity contribution in [3.05, 3.63) is 0 Å². The van der Waals surface area contributed by atoms with Crippen molar-refractivity contribution >= 4 is 29.3 Å². The molecular weight excluding hydrogens is 230 g/mol. The summed E-state index contributed by atoms with van der Waals surface area (Å²) < 4.78 is 0. The number of nitrogens with zero attached hydrogens (tertiary/aromatic N) is 1. The van der Waals surface area contributed by atoms with Gasteiger partial charge < -0.3 is 4.90 Å². The normalized spacial score (nSPS) is 20.3. The first-order valence-electron chi connectivity index (χ1n) is 5.56. The Kier molecular flexibility index (Phi) is 5.83. The zero-order valence-electron chi connectivity index (χ0n) is 9.54. The molecule has 0 aromatic rings. The second-order valence-electron chi connectivity index (χ2n) is 4.14. The molecule has 1 aliphatic heterocycles. The van der Waals surface area contributed by atoms with Gasteiger partial charge in [-0.05, 0) is 31.9 Å². The first kappa shape index (κ1) is 13.2. The molecule has 0 bridgehead atoms. The molecule has 0 spiro atoms. The van der Waals surface area contributed by atoms with Crippen LogP contribution in [-0.4, -0.2) is 41.3 Å². The van der Waals surface area contributed by atoms with E-state index in [9.17, 15) is 4.79 Å². The van der Waals surface area contributed by atoms with Gasteiger partial charge in [0.1, 0.15) is 0 Å². The molecule has 88 valence electrons. The highest BCUT2D eigenvalue weighted by Crippen LogP contribution is 2.24. The number of piperidine rings is 1. The predicted octanol–water partition coefficient (Wildman–Crippen LogP) is 2.61. The van der Waals surface area contributed by atoms with Gasteiger partial charge in [-0.15, -0.1) is 11.6 Å². The molecule has 1 aliphatic rings. The third-order valence-electron chi connectivity index (χ3n) is 3.06. The first-order valence-corrected chi connectivity index (χ1v) is 7.39. The molecule has 0 saturated carbocycles. The maximum absolute atomic E-state index is 11.7. The van der Waals surface area contributed by atoms with Crippen LogP contribution < -0.4 is 0 Å². The fourth-order valence-electron chi connectivity index (χ4n) is 1.96. The van der Waals surface area contributed by atoms with Crippen LogP contribution in [-0.2, 0) is 4.79 Å². The minimum atomic E-state index is 0.244. The van der Waals surface area contributed by atoms with E-state index >= 15 is 0 Å². The summed E-state index contributed by atoms with van der Waals surface area (Å²) in [6.07, 6.45) is 4.85. The Balaban J connectivity index is 2.27. The van der Waals surface area contributed by atoms with Crippen LogP contribution in [0.15, 0.2) is 0 Å². The molecule has 2 nitrogen and oxygen atoms in total. The Morgan fingerprint density at radius 2 is 2.13 bits per heavy atom. The molecule has 0 aliphatic carbocycles. The molecule has 1 atom stereocenters. The van der Waals surface area contributed by atoms with Crippen LogP contribution in [0.4, 0.5) is 0 Å². The van der Waals surface area contributed by atoms with Gasteiger partial charge in [0.05, 0.1) is 0 Å². The fraction of sp³-hybridized carbons (Fsp3) is 0.909. The van der Waals surface area contributed by atoms with E-state index in [2.05, 4.69) is 6.92 Å². The van der Waals surface area contributed by atoms with Gasteiger partial charge in [0.25, 0.3) is 0 Å². The van der Waals surface area contributed by atoms with Crippen molar-refractivity contribution in [2.75, 3.05) is 25.1 Å². The maximum Gasteiger partial charge on any atom is 0.223 e. The summed E-state index contributed by atoms with van der Waals surface area (Å²) in [6, 6.07) is 0. The maximum atomic E-state index is 11.7. The molecule has 0 radical (unpaired) electrons. The lowest BCUT2D eigenvalue weighted by molar-refractivity contribution is -0.132. The van der Waals surface area contributed by atoms with E-state index in [1.807, 2.05) is 11.2 Å². The lowest BCUT2D eigenvalue weighted by Crippen LogP contribution is -2.40. The number of rotatable bonds is 4. The molecule has 1 heterocycles. The van der Waals surface area contributed by atoms with E-state index in [1.54, 1.807) is 11.8 Å². The molecule has 1 fully saturated rings. The molecular formula is C11H20ClNOS. The molecule has 1 unspecified atom stereocenters. The summed E-state index contributed by atoms with van der Waals surface area (Å²) in [4.78, 5) is 13.7. The zero-order chi connectivity index (χ0) is 11.3. The zero-order valence-corrected chi connectivity index (χ0v) is 11.1. The molecule has 0 N–H and O–H groups in total. The summed E-state index contributed by atoms with van der Waals surface area (Å²) in [5.41, 5.74) is 0. The van der Waals surface area contributed by atoms with E-state index in [-0.39, 0.29) is 5.38 Å². The van der Waals surface area contributed by atoms with Crippen LogP contribution >= 0.6 is 23.4 Å². The summed E-state index contributed by atoms with van der Waals surface area (Å²) in [6.45, 7) is 3.85. The van der Waals surface area contributed by atoms with Gasteiger partial charge in [0, 0.05) is 30.6 Å². The van der Waals surface area contributed by atoms with Gasteiger partial charge in [-0.2, -0.15) is 11.8 Å². The van der Waals surface area contributed by atoms with Gasteiger partial charge in [-0.3, -0.25) is 4.79 Å². The smallest absolute Gasteiger partial charge is 0.223 e. The van der Waals surface area contributed by atoms with Gasteiger partial charge in [0.15, 0.2) is 0 Å². The van der Waals surface area contributed by atoms with Crippen LogP contribution in [0.1, 0.15) is 26.2 Å². The Bertz CT molecular complexity index is 203. The average molecular weight is 250 g/mol. The van der Waals surface area contributed by atoms with Gasteiger partial charge in [0.2, 0.25) is 5.91 Å². The Morgan fingerprint density at radius 3 is 2.60 bits per heavy atom. The number of hydrogen-bond acceptors (Lipinski definition) is 2. The lowest BCUT2D eigenvalue weighted by Gasteiger charge is -2.33. The van der Waals surface area contributed by atoms with Crippen LogP contribution in [0.3, 0.4) is 0 Å². The Morgan fingerprint density at radius 1 is 1.53 bits per heavy atom. The topological polar surface area (TPSA) is 20.3 Å². The number of thioether (sulfide) groups is 1. The molecule has 1 saturated heterocycles. The molecule has 4 heteroatoms. The van der Waals surface area contributed by atoms with Crippen LogP contribution in [0, 0.1) is 5.92 Å². The summed E-state index contributed by atoms with van der Waals surface area (Å²) >= 11 is 7.79.